The Labute approximate surface area is 233 Å². The molecule has 1 aromatic carbocycles. The summed E-state index contributed by atoms with van der Waals surface area (Å²) in [5.74, 6) is -1.41. The van der Waals surface area contributed by atoms with Gasteiger partial charge in [0.2, 0.25) is 0 Å². The van der Waals surface area contributed by atoms with Crippen LogP contribution in [0, 0.1) is 11.8 Å². The number of nitrogens with one attached hydrogen (secondary N) is 1. The van der Waals surface area contributed by atoms with Crippen LogP contribution in [0.25, 0.3) is 0 Å². The first kappa shape index (κ1) is 34.1. The standard InChI is InChI=1S/C30H47NO8/c1-7-8-9-10-27(32)37-22(6)19-31-24(30(35)36)17-23-13-14-25(38-28(33)15-11-20(2)3)26(18-23)39-29(34)16-12-21(4)5/h13-14,18,20-22,24,31H,7-12,15-17,19H2,1-6H3,(H,35,36)/t22?,24-/m0/s1. The Balaban J connectivity index is 2.93. The average Bonchev–Trinajstić information content (AvgIpc) is 2.85. The van der Waals surface area contributed by atoms with E-state index in [0.29, 0.717) is 36.7 Å². The number of benzene rings is 1. The van der Waals surface area contributed by atoms with E-state index < -0.39 is 30.1 Å². The fourth-order valence-electron chi connectivity index (χ4n) is 3.64. The third-order valence-corrected chi connectivity index (χ3v) is 6.01. The van der Waals surface area contributed by atoms with Crippen LogP contribution in [0.15, 0.2) is 18.2 Å². The van der Waals surface area contributed by atoms with Gasteiger partial charge in [-0.2, -0.15) is 0 Å². The largest absolute Gasteiger partial charge is 0.480 e. The Bertz CT molecular complexity index is 928. The molecule has 2 N–H and O–H groups in total. The zero-order valence-corrected chi connectivity index (χ0v) is 24.4. The lowest BCUT2D eigenvalue weighted by Gasteiger charge is -2.19. The Morgan fingerprint density at radius 3 is 1.95 bits per heavy atom. The Morgan fingerprint density at radius 2 is 1.41 bits per heavy atom. The lowest BCUT2D eigenvalue weighted by Crippen LogP contribution is -2.42. The van der Waals surface area contributed by atoms with E-state index in [2.05, 4.69) is 12.2 Å². The molecule has 0 fully saturated rings. The highest BCUT2D eigenvalue weighted by Gasteiger charge is 2.22. The summed E-state index contributed by atoms with van der Waals surface area (Å²) >= 11 is 0. The van der Waals surface area contributed by atoms with E-state index in [1.807, 2.05) is 27.7 Å². The van der Waals surface area contributed by atoms with Crippen molar-refractivity contribution in [1.82, 2.24) is 5.32 Å². The number of hydrogen-bond donors (Lipinski definition) is 2. The molecule has 0 radical (unpaired) electrons. The molecule has 0 aliphatic carbocycles. The van der Waals surface area contributed by atoms with E-state index in [1.54, 1.807) is 13.0 Å². The number of carboxylic acids is 1. The molecule has 0 aromatic heterocycles. The second-order valence-corrected chi connectivity index (χ2v) is 10.9. The topological polar surface area (TPSA) is 128 Å². The maximum absolute atomic E-state index is 12.4. The Hall–Kier alpha value is -2.94. The molecule has 39 heavy (non-hydrogen) atoms. The molecule has 0 spiro atoms. The number of unbranched alkanes of at least 4 members (excludes halogenated alkanes) is 2. The quantitative estimate of drug-likeness (QED) is 0.131. The molecular formula is C30H47NO8. The van der Waals surface area contributed by atoms with Gasteiger partial charge in [-0.15, -0.1) is 0 Å². The summed E-state index contributed by atoms with van der Waals surface area (Å²) in [6.07, 6.45) is 4.39. The number of carbonyl (C=O) groups excluding carboxylic acids is 3. The van der Waals surface area contributed by atoms with Gasteiger partial charge >= 0.3 is 23.9 Å². The minimum atomic E-state index is -1.07. The van der Waals surface area contributed by atoms with Gasteiger partial charge in [-0.3, -0.25) is 19.2 Å². The van der Waals surface area contributed by atoms with Gasteiger partial charge in [0.05, 0.1) is 0 Å². The van der Waals surface area contributed by atoms with Crippen LogP contribution in [-0.4, -0.2) is 47.7 Å². The van der Waals surface area contributed by atoms with Gasteiger partial charge in [-0.25, -0.2) is 0 Å². The first-order valence-corrected chi connectivity index (χ1v) is 14.1. The van der Waals surface area contributed by atoms with Crippen LogP contribution in [0.5, 0.6) is 11.5 Å². The highest BCUT2D eigenvalue weighted by molar-refractivity contribution is 5.77. The fourth-order valence-corrected chi connectivity index (χ4v) is 3.64. The zero-order chi connectivity index (χ0) is 29.4. The maximum atomic E-state index is 12.4. The van der Waals surface area contributed by atoms with Crippen molar-refractivity contribution in [3.05, 3.63) is 23.8 Å². The van der Waals surface area contributed by atoms with Crippen LogP contribution in [-0.2, 0) is 30.3 Å². The van der Waals surface area contributed by atoms with Crippen molar-refractivity contribution in [1.29, 1.82) is 0 Å². The Kier molecular flexibility index (Phi) is 16.1. The first-order chi connectivity index (χ1) is 18.4. The van der Waals surface area contributed by atoms with Gasteiger partial charge in [-0.05, 0) is 62.1 Å². The minimum Gasteiger partial charge on any atom is -0.480 e. The number of esters is 3. The normalized spacial score (nSPS) is 12.7. The van der Waals surface area contributed by atoms with Crippen molar-refractivity contribution in [2.75, 3.05) is 6.54 Å². The summed E-state index contributed by atoms with van der Waals surface area (Å²) in [6.45, 7) is 12.0. The summed E-state index contributed by atoms with van der Waals surface area (Å²) in [6, 6.07) is 3.72. The van der Waals surface area contributed by atoms with Gasteiger partial charge in [0.15, 0.2) is 11.5 Å². The number of rotatable bonds is 19. The van der Waals surface area contributed by atoms with Crippen molar-refractivity contribution in [2.45, 2.75) is 111 Å². The molecule has 0 aliphatic rings. The van der Waals surface area contributed by atoms with Crippen LogP contribution < -0.4 is 14.8 Å². The van der Waals surface area contributed by atoms with E-state index >= 15 is 0 Å². The number of carbonyl (C=O) groups is 4. The number of hydrogen-bond acceptors (Lipinski definition) is 8. The summed E-state index contributed by atoms with van der Waals surface area (Å²) in [5, 5.41) is 12.7. The summed E-state index contributed by atoms with van der Waals surface area (Å²) < 4.78 is 16.4. The van der Waals surface area contributed by atoms with Crippen molar-refractivity contribution >= 4 is 23.9 Å². The molecule has 0 saturated carbocycles. The molecule has 220 valence electrons. The van der Waals surface area contributed by atoms with E-state index in [1.165, 1.54) is 12.1 Å². The van der Waals surface area contributed by atoms with Crippen LogP contribution in [0.1, 0.15) is 98.5 Å². The fraction of sp³-hybridized carbons (Fsp3) is 0.667. The molecule has 0 bridgehead atoms. The molecule has 2 atom stereocenters. The van der Waals surface area contributed by atoms with Gasteiger partial charge in [-0.1, -0.05) is 53.5 Å². The van der Waals surface area contributed by atoms with E-state index in [4.69, 9.17) is 14.2 Å². The van der Waals surface area contributed by atoms with Crippen LogP contribution in [0.3, 0.4) is 0 Å². The van der Waals surface area contributed by atoms with Crippen molar-refractivity contribution in [3.63, 3.8) is 0 Å². The van der Waals surface area contributed by atoms with Crippen LogP contribution in [0.4, 0.5) is 0 Å². The molecule has 9 heteroatoms. The van der Waals surface area contributed by atoms with E-state index in [9.17, 15) is 24.3 Å². The predicted octanol–water partition coefficient (Wildman–Crippen LogP) is 5.47. The van der Waals surface area contributed by atoms with E-state index in [0.717, 1.165) is 19.3 Å². The molecule has 0 saturated heterocycles. The lowest BCUT2D eigenvalue weighted by molar-refractivity contribution is -0.148. The molecule has 0 amide bonds. The lowest BCUT2D eigenvalue weighted by atomic mass is 10.0. The van der Waals surface area contributed by atoms with Gasteiger partial charge in [0.25, 0.3) is 0 Å². The maximum Gasteiger partial charge on any atom is 0.321 e. The molecule has 1 aromatic rings. The highest BCUT2D eigenvalue weighted by Crippen LogP contribution is 2.30. The average molecular weight is 550 g/mol. The third-order valence-electron chi connectivity index (χ3n) is 6.01. The molecule has 9 nitrogen and oxygen atoms in total. The summed E-state index contributed by atoms with van der Waals surface area (Å²) in [5.41, 5.74) is 0.577. The third kappa shape index (κ3) is 15.3. The number of carboxylic acid groups (broad SMARTS) is 1. The predicted molar refractivity (Wildman–Crippen MR) is 149 cm³/mol. The van der Waals surface area contributed by atoms with Crippen molar-refractivity contribution in [2.24, 2.45) is 11.8 Å². The smallest absolute Gasteiger partial charge is 0.321 e. The Morgan fingerprint density at radius 1 is 0.821 bits per heavy atom. The van der Waals surface area contributed by atoms with Gasteiger partial charge < -0.3 is 24.6 Å². The second-order valence-electron chi connectivity index (χ2n) is 10.9. The SMILES string of the molecule is CCCCCC(=O)OC(C)CN[C@@H](Cc1ccc(OC(=O)CCC(C)C)c(OC(=O)CCC(C)C)c1)C(=O)O. The van der Waals surface area contributed by atoms with E-state index in [-0.39, 0.29) is 43.3 Å². The monoisotopic (exact) mass is 549 g/mol. The van der Waals surface area contributed by atoms with Gasteiger partial charge in [0, 0.05) is 25.8 Å². The first-order valence-electron chi connectivity index (χ1n) is 14.1. The van der Waals surface area contributed by atoms with Crippen LogP contribution in [0.2, 0.25) is 0 Å². The number of ether oxygens (including phenoxy) is 3. The molecule has 0 heterocycles. The van der Waals surface area contributed by atoms with Crippen LogP contribution >= 0.6 is 0 Å². The number of aliphatic carboxylic acids is 1. The summed E-state index contributed by atoms with van der Waals surface area (Å²) in [7, 11) is 0. The molecular weight excluding hydrogens is 502 g/mol. The molecule has 1 rings (SSSR count). The molecule has 0 aliphatic heterocycles. The van der Waals surface area contributed by atoms with Crippen molar-refractivity contribution < 1.29 is 38.5 Å². The zero-order valence-electron chi connectivity index (χ0n) is 24.4. The second kappa shape index (κ2) is 18.4. The minimum absolute atomic E-state index is 0.0740. The molecule has 1 unspecified atom stereocenters. The highest BCUT2D eigenvalue weighted by atomic mass is 16.6. The van der Waals surface area contributed by atoms with Gasteiger partial charge in [0.1, 0.15) is 12.1 Å². The summed E-state index contributed by atoms with van der Waals surface area (Å²) in [4.78, 5) is 48.7. The van der Waals surface area contributed by atoms with Crippen molar-refractivity contribution in [3.8, 4) is 11.5 Å².